The maximum Gasteiger partial charge on any atom is 0.139 e. The molecule has 1 rings (SSSR count). The number of carbonyl (C=O) groups excluding carboxylic acids is 1. The molecule has 0 unspecified atom stereocenters. The van der Waals surface area contributed by atoms with Gasteiger partial charge in [-0.15, -0.1) is 0 Å². The van der Waals surface area contributed by atoms with Gasteiger partial charge in [-0.3, -0.25) is 4.79 Å². The molecule has 0 aliphatic rings. The summed E-state index contributed by atoms with van der Waals surface area (Å²) in [6.45, 7) is 11.9. The van der Waals surface area contributed by atoms with E-state index in [1.807, 2.05) is 20.8 Å². The number of aryl methyl sites for hydroxylation is 1. The first-order chi connectivity index (χ1) is 8.34. The second-order valence-corrected chi connectivity index (χ2v) is 5.84. The molecule has 0 atom stereocenters. The molecule has 0 bridgehead atoms. The molecule has 0 aliphatic heterocycles. The normalized spacial score (nSPS) is 11.4. The molecule has 1 aromatic carbocycles. The monoisotopic (exact) mass is 247 g/mol. The number of hydrogen-bond donors (Lipinski definition) is 0. The van der Waals surface area contributed by atoms with Crippen molar-refractivity contribution in [2.24, 2.45) is 5.41 Å². The molecule has 18 heavy (non-hydrogen) atoms. The highest BCUT2D eigenvalue weighted by Gasteiger charge is 2.21. The SMILES string of the molecule is CCN(CCC(=O)C(C)(C)C)c1cccc(C)c1. The number of carbonyl (C=O) groups is 1. The van der Waals surface area contributed by atoms with Crippen LogP contribution >= 0.6 is 0 Å². The highest BCUT2D eigenvalue weighted by atomic mass is 16.1. The first-order valence-electron chi connectivity index (χ1n) is 6.69. The van der Waals surface area contributed by atoms with Crippen molar-refractivity contribution < 1.29 is 4.79 Å². The Labute approximate surface area is 111 Å². The molecule has 0 spiro atoms. The molecule has 0 N–H and O–H groups in total. The van der Waals surface area contributed by atoms with E-state index >= 15 is 0 Å². The zero-order valence-electron chi connectivity index (χ0n) is 12.3. The van der Waals surface area contributed by atoms with Crippen molar-refractivity contribution in [3.05, 3.63) is 29.8 Å². The summed E-state index contributed by atoms with van der Waals surface area (Å²) in [5.74, 6) is 0.327. The lowest BCUT2D eigenvalue weighted by atomic mass is 9.89. The fourth-order valence-electron chi connectivity index (χ4n) is 1.91. The average Bonchev–Trinajstić information content (AvgIpc) is 2.28. The molecule has 0 heterocycles. The van der Waals surface area contributed by atoms with Crippen LogP contribution in [0.4, 0.5) is 5.69 Å². The van der Waals surface area contributed by atoms with E-state index in [9.17, 15) is 4.79 Å². The molecule has 2 nitrogen and oxygen atoms in total. The third-order valence-corrected chi connectivity index (χ3v) is 3.19. The van der Waals surface area contributed by atoms with Gasteiger partial charge in [-0.1, -0.05) is 32.9 Å². The number of nitrogens with zero attached hydrogens (tertiary/aromatic N) is 1. The lowest BCUT2D eigenvalue weighted by Gasteiger charge is -2.25. The highest BCUT2D eigenvalue weighted by Crippen LogP contribution is 2.19. The standard InChI is InChI=1S/C16H25NO/c1-6-17(11-10-15(18)16(3,4)5)14-9-7-8-13(2)12-14/h7-9,12H,6,10-11H2,1-5H3. The van der Waals surface area contributed by atoms with Crippen LogP contribution in [-0.4, -0.2) is 18.9 Å². The molecule has 0 saturated heterocycles. The van der Waals surface area contributed by atoms with Crippen LogP contribution < -0.4 is 4.90 Å². The smallest absolute Gasteiger partial charge is 0.139 e. The molecule has 0 fully saturated rings. The van der Waals surface area contributed by atoms with E-state index in [4.69, 9.17) is 0 Å². The summed E-state index contributed by atoms with van der Waals surface area (Å²) in [7, 11) is 0. The number of hydrogen-bond acceptors (Lipinski definition) is 2. The summed E-state index contributed by atoms with van der Waals surface area (Å²) in [4.78, 5) is 14.2. The van der Waals surface area contributed by atoms with Gasteiger partial charge in [0.15, 0.2) is 0 Å². The maximum absolute atomic E-state index is 12.0. The summed E-state index contributed by atoms with van der Waals surface area (Å²) in [5.41, 5.74) is 2.23. The predicted octanol–water partition coefficient (Wildman–Crippen LogP) is 3.83. The Hall–Kier alpha value is -1.31. The lowest BCUT2D eigenvalue weighted by Crippen LogP contribution is -2.29. The second-order valence-electron chi connectivity index (χ2n) is 5.84. The lowest BCUT2D eigenvalue weighted by molar-refractivity contribution is -0.126. The number of benzene rings is 1. The summed E-state index contributed by atoms with van der Waals surface area (Å²) >= 11 is 0. The Morgan fingerprint density at radius 1 is 1.28 bits per heavy atom. The van der Waals surface area contributed by atoms with Crippen LogP contribution in [0.15, 0.2) is 24.3 Å². The minimum Gasteiger partial charge on any atom is -0.371 e. The van der Waals surface area contributed by atoms with Crippen LogP contribution in [0.1, 0.15) is 39.7 Å². The summed E-state index contributed by atoms with van der Waals surface area (Å²) < 4.78 is 0. The van der Waals surface area contributed by atoms with Crippen molar-refractivity contribution in [3.8, 4) is 0 Å². The van der Waals surface area contributed by atoms with Crippen LogP contribution in [-0.2, 0) is 4.79 Å². The van der Waals surface area contributed by atoms with E-state index in [-0.39, 0.29) is 5.41 Å². The van der Waals surface area contributed by atoms with Gasteiger partial charge < -0.3 is 4.90 Å². The van der Waals surface area contributed by atoms with E-state index < -0.39 is 0 Å². The van der Waals surface area contributed by atoms with Gasteiger partial charge in [-0.25, -0.2) is 0 Å². The van der Waals surface area contributed by atoms with Crippen molar-refractivity contribution >= 4 is 11.5 Å². The van der Waals surface area contributed by atoms with Gasteiger partial charge in [0, 0.05) is 30.6 Å². The van der Waals surface area contributed by atoms with Crippen LogP contribution in [0, 0.1) is 12.3 Å². The van der Waals surface area contributed by atoms with Gasteiger partial charge in [0.05, 0.1) is 0 Å². The third-order valence-electron chi connectivity index (χ3n) is 3.19. The van der Waals surface area contributed by atoms with Crippen molar-refractivity contribution in [3.63, 3.8) is 0 Å². The molecular weight excluding hydrogens is 222 g/mol. The zero-order chi connectivity index (χ0) is 13.8. The van der Waals surface area contributed by atoms with Gasteiger partial charge in [-0.2, -0.15) is 0 Å². The van der Waals surface area contributed by atoms with Crippen LogP contribution in [0.25, 0.3) is 0 Å². The zero-order valence-corrected chi connectivity index (χ0v) is 12.3. The van der Waals surface area contributed by atoms with Gasteiger partial charge in [0.1, 0.15) is 5.78 Å². The summed E-state index contributed by atoms with van der Waals surface area (Å²) in [6.07, 6.45) is 0.616. The van der Waals surface area contributed by atoms with Gasteiger partial charge in [-0.05, 0) is 31.5 Å². The molecule has 1 aromatic rings. The number of Topliss-reactive ketones (excluding diaryl/α,β-unsaturated/α-hetero) is 1. The van der Waals surface area contributed by atoms with Crippen LogP contribution in [0.3, 0.4) is 0 Å². The van der Waals surface area contributed by atoms with Gasteiger partial charge in [0.25, 0.3) is 0 Å². The Bertz CT molecular complexity index is 404. The minimum absolute atomic E-state index is 0.230. The molecule has 0 aromatic heterocycles. The van der Waals surface area contributed by atoms with Gasteiger partial charge >= 0.3 is 0 Å². The molecule has 2 heteroatoms. The molecule has 0 radical (unpaired) electrons. The second kappa shape index (κ2) is 6.03. The Kier molecular flexibility index (Phi) is 4.94. The quantitative estimate of drug-likeness (QED) is 0.788. The first-order valence-corrected chi connectivity index (χ1v) is 6.69. The Morgan fingerprint density at radius 3 is 2.44 bits per heavy atom. The van der Waals surface area contributed by atoms with E-state index in [0.717, 1.165) is 13.1 Å². The van der Waals surface area contributed by atoms with E-state index in [1.54, 1.807) is 0 Å². The Balaban J connectivity index is 2.66. The van der Waals surface area contributed by atoms with Crippen molar-refractivity contribution in [2.75, 3.05) is 18.0 Å². The van der Waals surface area contributed by atoms with Crippen LogP contribution in [0.5, 0.6) is 0 Å². The first kappa shape index (κ1) is 14.7. The fraction of sp³-hybridized carbons (Fsp3) is 0.562. The van der Waals surface area contributed by atoms with E-state index in [0.29, 0.717) is 12.2 Å². The van der Waals surface area contributed by atoms with Crippen molar-refractivity contribution in [1.29, 1.82) is 0 Å². The summed E-state index contributed by atoms with van der Waals surface area (Å²) in [5, 5.41) is 0. The third kappa shape index (κ3) is 4.17. The van der Waals surface area contributed by atoms with Crippen molar-refractivity contribution in [2.45, 2.75) is 41.0 Å². The molecule has 0 amide bonds. The molecular formula is C16H25NO. The molecule has 0 saturated carbocycles. The molecule has 100 valence electrons. The molecule has 0 aliphatic carbocycles. The topological polar surface area (TPSA) is 20.3 Å². The van der Waals surface area contributed by atoms with E-state index in [1.165, 1.54) is 11.3 Å². The Morgan fingerprint density at radius 2 is 1.94 bits per heavy atom. The number of rotatable bonds is 5. The summed E-state index contributed by atoms with van der Waals surface area (Å²) in [6, 6.07) is 8.44. The highest BCUT2D eigenvalue weighted by molar-refractivity contribution is 5.84. The average molecular weight is 247 g/mol. The van der Waals surface area contributed by atoms with Crippen molar-refractivity contribution in [1.82, 2.24) is 0 Å². The number of ketones is 1. The fourth-order valence-corrected chi connectivity index (χ4v) is 1.91. The largest absolute Gasteiger partial charge is 0.371 e. The van der Waals surface area contributed by atoms with Crippen LogP contribution in [0.2, 0.25) is 0 Å². The number of anilines is 1. The van der Waals surface area contributed by atoms with E-state index in [2.05, 4.69) is 43.0 Å². The van der Waals surface area contributed by atoms with Gasteiger partial charge in [0.2, 0.25) is 0 Å². The maximum atomic E-state index is 12.0. The predicted molar refractivity (Wildman–Crippen MR) is 78.1 cm³/mol. The minimum atomic E-state index is -0.230.